The van der Waals surface area contributed by atoms with Crippen molar-refractivity contribution in [1.29, 1.82) is 0 Å². The highest BCUT2D eigenvalue weighted by molar-refractivity contribution is 5.81. The maximum Gasteiger partial charge on any atom is 0.223 e. The van der Waals surface area contributed by atoms with Crippen LogP contribution in [0.4, 0.5) is 0 Å². The molecule has 5 nitrogen and oxygen atoms in total. The zero-order valence-corrected chi connectivity index (χ0v) is 14.2. The fourth-order valence-corrected chi connectivity index (χ4v) is 2.22. The number of carbonyl (C=O) groups excluding carboxylic acids is 1. The standard InChI is InChI=1S/C17H32N4O/c1-4-6-7-8-9-14-21(3)17(18-5-2)20-13-12-19-16(22)15-10-11-15/h4,15H,1,5-14H2,2-3H3,(H,18,20)(H,19,22). The van der Waals surface area contributed by atoms with Crippen molar-refractivity contribution in [2.24, 2.45) is 10.9 Å². The SMILES string of the molecule is C=CCCCCCN(C)C(=NCCNC(=O)C1CC1)NCC. The van der Waals surface area contributed by atoms with E-state index in [1.807, 2.05) is 6.08 Å². The van der Waals surface area contributed by atoms with Crippen LogP contribution in [0.15, 0.2) is 17.6 Å². The van der Waals surface area contributed by atoms with Gasteiger partial charge in [0, 0.05) is 32.6 Å². The average molecular weight is 308 g/mol. The van der Waals surface area contributed by atoms with E-state index in [2.05, 4.69) is 41.1 Å². The second-order valence-electron chi connectivity index (χ2n) is 5.86. The first-order valence-corrected chi connectivity index (χ1v) is 8.57. The number of carbonyl (C=O) groups is 1. The zero-order valence-electron chi connectivity index (χ0n) is 14.2. The Labute approximate surface area is 135 Å². The molecule has 0 unspecified atom stereocenters. The van der Waals surface area contributed by atoms with Crippen LogP contribution in [-0.4, -0.2) is 50.0 Å². The molecular formula is C17H32N4O. The highest BCUT2D eigenvalue weighted by atomic mass is 16.2. The number of amides is 1. The van der Waals surface area contributed by atoms with Gasteiger partial charge in [0.25, 0.3) is 0 Å². The lowest BCUT2D eigenvalue weighted by Crippen LogP contribution is -2.40. The molecule has 2 N–H and O–H groups in total. The lowest BCUT2D eigenvalue weighted by atomic mass is 10.2. The Bertz CT molecular complexity index is 364. The molecule has 1 rings (SSSR count). The number of allylic oxidation sites excluding steroid dienone is 1. The van der Waals surface area contributed by atoms with Crippen LogP contribution < -0.4 is 10.6 Å². The molecule has 0 aromatic rings. The van der Waals surface area contributed by atoms with E-state index in [0.29, 0.717) is 13.1 Å². The molecule has 1 aliphatic rings. The van der Waals surface area contributed by atoms with Gasteiger partial charge in [-0.2, -0.15) is 0 Å². The molecule has 0 heterocycles. The van der Waals surface area contributed by atoms with Crippen LogP contribution in [0.3, 0.4) is 0 Å². The van der Waals surface area contributed by atoms with Gasteiger partial charge in [-0.25, -0.2) is 0 Å². The molecule has 5 heteroatoms. The normalized spacial score (nSPS) is 14.5. The zero-order chi connectivity index (χ0) is 16.2. The van der Waals surface area contributed by atoms with Gasteiger partial charge < -0.3 is 15.5 Å². The second-order valence-corrected chi connectivity index (χ2v) is 5.86. The topological polar surface area (TPSA) is 56.7 Å². The summed E-state index contributed by atoms with van der Waals surface area (Å²) in [7, 11) is 2.07. The number of unbranched alkanes of at least 4 members (excludes halogenated alkanes) is 3. The van der Waals surface area contributed by atoms with Crippen molar-refractivity contribution in [3.05, 3.63) is 12.7 Å². The lowest BCUT2D eigenvalue weighted by molar-refractivity contribution is -0.122. The third-order valence-corrected chi connectivity index (χ3v) is 3.72. The first-order chi connectivity index (χ1) is 10.7. The fraction of sp³-hybridized carbons (Fsp3) is 0.765. The molecule has 0 aliphatic heterocycles. The van der Waals surface area contributed by atoms with E-state index in [1.165, 1.54) is 12.8 Å². The minimum Gasteiger partial charge on any atom is -0.357 e. The van der Waals surface area contributed by atoms with Crippen molar-refractivity contribution >= 4 is 11.9 Å². The van der Waals surface area contributed by atoms with Crippen molar-refractivity contribution < 1.29 is 4.79 Å². The van der Waals surface area contributed by atoms with Gasteiger partial charge in [0.05, 0.1) is 6.54 Å². The van der Waals surface area contributed by atoms with E-state index in [0.717, 1.165) is 44.7 Å². The summed E-state index contributed by atoms with van der Waals surface area (Å²) in [5.74, 6) is 1.39. The minimum atomic E-state index is 0.191. The highest BCUT2D eigenvalue weighted by Crippen LogP contribution is 2.28. The summed E-state index contributed by atoms with van der Waals surface area (Å²) >= 11 is 0. The predicted octanol–water partition coefficient (Wildman–Crippen LogP) is 2.16. The van der Waals surface area contributed by atoms with Crippen molar-refractivity contribution in [1.82, 2.24) is 15.5 Å². The summed E-state index contributed by atoms with van der Waals surface area (Å²) < 4.78 is 0. The summed E-state index contributed by atoms with van der Waals surface area (Å²) in [5.41, 5.74) is 0. The predicted molar refractivity (Wildman–Crippen MR) is 93.0 cm³/mol. The number of aliphatic imine (C=N–C) groups is 1. The van der Waals surface area contributed by atoms with Gasteiger partial charge in [-0.15, -0.1) is 6.58 Å². The quantitative estimate of drug-likeness (QED) is 0.266. The number of guanidine groups is 1. The van der Waals surface area contributed by atoms with Crippen LogP contribution in [0.1, 0.15) is 45.4 Å². The Balaban J connectivity index is 2.23. The van der Waals surface area contributed by atoms with Crippen LogP contribution in [-0.2, 0) is 4.79 Å². The van der Waals surface area contributed by atoms with E-state index in [-0.39, 0.29) is 11.8 Å². The maximum atomic E-state index is 11.5. The van der Waals surface area contributed by atoms with Crippen LogP contribution in [0.25, 0.3) is 0 Å². The Morgan fingerprint density at radius 1 is 1.32 bits per heavy atom. The fourth-order valence-electron chi connectivity index (χ4n) is 2.22. The summed E-state index contributed by atoms with van der Waals surface area (Å²) in [6.07, 6.45) is 8.75. The summed E-state index contributed by atoms with van der Waals surface area (Å²) in [6, 6.07) is 0. The summed E-state index contributed by atoms with van der Waals surface area (Å²) in [5, 5.41) is 6.25. The molecule has 0 saturated heterocycles. The molecule has 0 radical (unpaired) electrons. The largest absolute Gasteiger partial charge is 0.357 e. The van der Waals surface area contributed by atoms with Crippen molar-refractivity contribution in [2.75, 3.05) is 33.2 Å². The second kappa shape index (κ2) is 11.1. The molecule has 1 aliphatic carbocycles. The number of hydrogen-bond donors (Lipinski definition) is 2. The molecule has 0 aromatic heterocycles. The molecule has 22 heavy (non-hydrogen) atoms. The Morgan fingerprint density at radius 2 is 2.09 bits per heavy atom. The molecule has 1 fully saturated rings. The average Bonchev–Trinajstić information content (AvgIpc) is 3.34. The number of hydrogen-bond acceptors (Lipinski definition) is 2. The molecule has 0 atom stereocenters. The number of nitrogens with zero attached hydrogens (tertiary/aromatic N) is 2. The van der Waals surface area contributed by atoms with Gasteiger partial charge in [-0.05, 0) is 39.0 Å². The third kappa shape index (κ3) is 8.05. The van der Waals surface area contributed by atoms with E-state index in [9.17, 15) is 4.79 Å². The van der Waals surface area contributed by atoms with Crippen molar-refractivity contribution in [3.63, 3.8) is 0 Å². The van der Waals surface area contributed by atoms with Crippen molar-refractivity contribution in [3.8, 4) is 0 Å². The first-order valence-electron chi connectivity index (χ1n) is 8.57. The van der Waals surface area contributed by atoms with E-state index in [1.54, 1.807) is 0 Å². The first kappa shape index (κ1) is 18.5. The van der Waals surface area contributed by atoms with Crippen LogP contribution in [0.2, 0.25) is 0 Å². The molecule has 0 spiro atoms. The Hall–Kier alpha value is -1.52. The van der Waals surface area contributed by atoms with Gasteiger partial charge in [0.2, 0.25) is 5.91 Å². The van der Waals surface area contributed by atoms with Crippen LogP contribution >= 0.6 is 0 Å². The molecule has 0 bridgehead atoms. The monoisotopic (exact) mass is 308 g/mol. The van der Waals surface area contributed by atoms with Crippen LogP contribution in [0, 0.1) is 5.92 Å². The van der Waals surface area contributed by atoms with Crippen LogP contribution in [0.5, 0.6) is 0 Å². The smallest absolute Gasteiger partial charge is 0.223 e. The summed E-state index contributed by atoms with van der Waals surface area (Å²) in [6.45, 7) is 8.92. The van der Waals surface area contributed by atoms with Crippen molar-refractivity contribution in [2.45, 2.75) is 45.4 Å². The number of rotatable bonds is 11. The minimum absolute atomic E-state index is 0.191. The van der Waals surface area contributed by atoms with Gasteiger partial charge in [-0.3, -0.25) is 9.79 Å². The molecular weight excluding hydrogens is 276 g/mol. The maximum absolute atomic E-state index is 11.5. The van der Waals surface area contributed by atoms with Gasteiger partial charge in [0.15, 0.2) is 5.96 Å². The summed E-state index contributed by atoms with van der Waals surface area (Å²) in [4.78, 5) is 18.3. The Kier molecular flexibility index (Phi) is 9.35. The lowest BCUT2D eigenvalue weighted by Gasteiger charge is -2.22. The molecule has 1 saturated carbocycles. The van der Waals surface area contributed by atoms with Gasteiger partial charge >= 0.3 is 0 Å². The highest BCUT2D eigenvalue weighted by Gasteiger charge is 2.28. The van der Waals surface area contributed by atoms with Gasteiger partial charge in [0.1, 0.15) is 0 Å². The van der Waals surface area contributed by atoms with E-state index < -0.39 is 0 Å². The Morgan fingerprint density at radius 3 is 2.73 bits per heavy atom. The molecule has 0 aromatic carbocycles. The molecule has 126 valence electrons. The van der Waals surface area contributed by atoms with E-state index in [4.69, 9.17) is 0 Å². The molecule has 1 amide bonds. The number of nitrogens with one attached hydrogen (secondary N) is 2. The van der Waals surface area contributed by atoms with Gasteiger partial charge in [-0.1, -0.05) is 12.5 Å². The van der Waals surface area contributed by atoms with E-state index >= 15 is 0 Å². The third-order valence-electron chi connectivity index (χ3n) is 3.72.